The Morgan fingerprint density at radius 1 is 1.00 bits per heavy atom. The van der Waals surface area contributed by atoms with E-state index in [-0.39, 0.29) is 11.0 Å². The van der Waals surface area contributed by atoms with E-state index in [0.717, 1.165) is 48.2 Å². The molecule has 2 fully saturated rings. The van der Waals surface area contributed by atoms with E-state index in [9.17, 15) is 4.79 Å². The summed E-state index contributed by atoms with van der Waals surface area (Å²) in [5.41, 5.74) is 2.77. The highest BCUT2D eigenvalue weighted by atomic mass is 35.5. The van der Waals surface area contributed by atoms with Gasteiger partial charge < -0.3 is 9.31 Å². The lowest BCUT2D eigenvalue weighted by Gasteiger charge is -2.33. The van der Waals surface area contributed by atoms with Crippen molar-refractivity contribution in [2.45, 2.75) is 76.4 Å². The van der Waals surface area contributed by atoms with Crippen LogP contribution in [0.2, 0.25) is 5.02 Å². The number of fused-ring (bicyclic) bond motifs is 7. The van der Waals surface area contributed by atoms with Gasteiger partial charge in [0.25, 0.3) is 5.56 Å². The van der Waals surface area contributed by atoms with Crippen molar-refractivity contribution in [3.05, 3.63) is 63.2 Å². The molecule has 1 aliphatic carbocycles. The van der Waals surface area contributed by atoms with Crippen molar-refractivity contribution >= 4 is 35.1 Å². The van der Waals surface area contributed by atoms with Crippen LogP contribution in [-0.4, -0.2) is 27.9 Å². The molecule has 0 N–H and O–H groups in total. The van der Waals surface area contributed by atoms with Gasteiger partial charge in [0.15, 0.2) is 0 Å². The first kappa shape index (κ1) is 21.4. The van der Waals surface area contributed by atoms with E-state index in [1.807, 2.05) is 12.1 Å². The van der Waals surface area contributed by atoms with Gasteiger partial charge in [0.1, 0.15) is 5.82 Å². The van der Waals surface area contributed by atoms with Crippen molar-refractivity contribution in [1.82, 2.24) is 9.55 Å². The van der Waals surface area contributed by atoms with Crippen LogP contribution in [-0.2, 0) is 14.7 Å². The molecular formula is C26H28BClN2O3. The first-order chi connectivity index (χ1) is 15.6. The lowest BCUT2D eigenvalue weighted by molar-refractivity contribution is 0.00578. The fourth-order valence-electron chi connectivity index (χ4n) is 5.82. The molecule has 3 aromatic rings. The van der Waals surface area contributed by atoms with Crippen molar-refractivity contribution in [2.24, 2.45) is 0 Å². The molecule has 0 unspecified atom stereocenters. The predicted molar refractivity (Wildman–Crippen MR) is 132 cm³/mol. The Morgan fingerprint density at radius 2 is 1.70 bits per heavy atom. The zero-order valence-electron chi connectivity index (χ0n) is 19.6. The summed E-state index contributed by atoms with van der Waals surface area (Å²) < 4.78 is 14.8. The summed E-state index contributed by atoms with van der Waals surface area (Å²) >= 11 is 6.47. The minimum absolute atomic E-state index is 0.238. The Labute approximate surface area is 199 Å². The number of nitrogens with zero attached hydrogens (tertiary/aromatic N) is 2. The monoisotopic (exact) mass is 462 g/mol. The van der Waals surface area contributed by atoms with Gasteiger partial charge in [-0.2, -0.15) is 4.98 Å². The summed E-state index contributed by atoms with van der Waals surface area (Å²) in [5, 5.41) is 0.913. The molecule has 2 aromatic carbocycles. The van der Waals surface area contributed by atoms with Crippen LogP contribution in [0, 0.1) is 0 Å². The third-order valence-corrected chi connectivity index (χ3v) is 8.62. The lowest BCUT2D eigenvalue weighted by Crippen LogP contribution is -2.41. The Morgan fingerprint density at radius 3 is 2.39 bits per heavy atom. The molecule has 3 aliphatic rings. The SMILES string of the molecule is CC1(C)OB(c2ccc3c(c2)-n2c(nc(=O)c4c(Cl)cccc42)C32CCCCC2)OC1(C)C. The van der Waals surface area contributed by atoms with Crippen LogP contribution in [0.1, 0.15) is 71.2 Å². The van der Waals surface area contributed by atoms with Gasteiger partial charge in [-0.1, -0.05) is 49.1 Å². The van der Waals surface area contributed by atoms with Crippen molar-refractivity contribution in [3.8, 4) is 5.69 Å². The zero-order valence-corrected chi connectivity index (χ0v) is 20.3. The van der Waals surface area contributed by atoms with Crippen LogP contribution in [0.3, 0.4) is 0 Å². The highest BCUT2D eigenvalue weighted by Crippen LogP contribution is 2.51. The molecule has 1 saturated heterocycles. The molecule has 6 rings (SSSR count). The van der Waals surface area contributed by atoms with Crippen LogP contribution >= 0.6 is 11.6 Å². The van der Waals surface area contributed by atoms with E-state index >= 15 is 0 Å². The van der Waals surface area contributed by atoms with Crippen molar-refractivity contribution < 1.29 is 9.31 Å². The minimum atomic E-state index is -0.450. The maximum Gasteiger partial charge on any atom is 0.494 e. The Hall–Kier alpha value is -2.15. The molecule has 5 nitrogen and oxygen atoms in total. The summed E-state index contributed by atoms with van der Waals surface area (Å²) in [5.74, 6) is 0.850. The summed E-state index contributed by atoms with van der Waals surface area (Å²) in [6.45, 7) is 8.26. The Kier molecular flexibility index (Phi) is 4.50. The third kappa shape index (κ3) is 2.87. The summed E-state index contributed by atoms with van der Waals surface area (Å²) in [4.78, 5) is 17.8. The van der Waals surface area contributed by atoms with Crippen LogP contribution in [0.5, 0.6) is 0 Å². The van der Waals surface area contributed by atoms with E-state index in [0.29, 0.717) is 10.4 Å². The van der Waals surface area contributed by atoms with E-state index in [2.05, 4.69) is 55.4 Å². The summed E-state index contributed by atoms with van der Waals surface area (Å²) in [6.07, 6.45) is 5.46. The van der Waals surface area contributed by atoms with Gasteiger partial charge in [0.05, 0.1) is 38.2 Å². The first-order valence-corrected chi connectivity index (χ1v) is 12.2. The number of hydrogen-bond acceptors (Lipinski definition) is 4. The largest absolute Gasteiger partial charge is 0.494 e. The van der Waals surface area contributed by atoms with Gasteiger partial charge >= 0.3 is 7.12 Å². The standard InChI is InChI=1S/C26H28BClN2O3/c1-24(2)25(3,4)33-27(32-24)16-11-12-17-20(15-16)30-19-10-8-9-18(28)21(19)22(31)29-23(30)26(17)13-6-5-7-14-26/h8-12,15H,5-7,13-14H2,1-4H3. The molecule has 1 aromatic heterocycles. The third-order valence-electron chi connectivity index (χ3n) is 8.30. The van der Waals surface area contributed by atoms with Crippen LogP contribution in [0.25, 0.3) is 16.6 Å². The maximum absolute atomic E-state index is 13.1. The fraction of sp³-hybridized carbons (Fsp3) is 0.462. The highest BCUT2D eigenvalue weighted by molar-refractivity contribution is 6.62. The summed E-state index contributed by atoms with van der Waals surface area (Å²) in [6, 6.07) is 12.1. The van der Waals surface area contributed by atoms with E-state index in [1.54, 1.807) is 6.07 Å². The van der Waals surface area contributed by atoms with Gasteiger partial charge in [-0.15, -0.1) is 0 Å². The smallest absolute Gasteiger partial charge is 0.399 e. The number of hydrogen-bond donors (Lipinski definition) is 0. The molecule has 0 atom stereocenters. The molecular weight excluding hydrogens is 435 g/mol. The molecule has 1 saturated carbocycles. The molecule has 2 aliphatic heterocycles. The maximum atomic E-state index is 13.1. The normalized spacial score (nSPS) is 22.0. The lowest BCUT2D eigenvalue weighted by atomic mass is 9.69. The van der Waals surface area contributed by atoms with E-state index < -0.39 is 18.3 Å². The van der Waals surface area contributed by atoms with Gasteiger partial charge in [-0.05, 0) is 69.8 Å². The van der Waals surface area contributed by atoms with Gasteiger partial charge in [-0.3, -0.25) is 9.36 Å². The van der Waals surface area contributed by atoms with Gasteiger partial charge in [0, 0.05) is 0 Å². The number of halogens is 1. The van der Waals surface area contributed by atoms with Crippen LogP contribution in [0.15, 0.2) is 41.2 Å². The molecule has 0 bridgehead atoms. The van der Waals surface area contributed by atoms with Crippen molar-refractivity contribution in [2.75, 3.05) is 0 Å². The molecule has 33 heavy (non-hydrogen) atoms. The predicted octanol–water partition coefficient (Wildman–Crippen LogP) is 4.90. The van der Waals surface area contributed by atoms with E-state index in [4.69, 9.17) is 20.9 Å². The highest BCUT2D eigenvalue weighted by Gasteiger charge is 2.53. The summed E-state index contributed by atoms with van der Waals surface area (Å²) in [7, 11) is -0.450. The quantitative estimate of drug-likeness (QED) is 0.483. The van der Waals surface area contributed by atoms with Gasteiger partial charge in [-0.25, -0.2) is 0 Å². The molecule has 170 valence electrons. The topological polar surface area (TPSA) is 53.4 Å². The second kappa shape index (κ2) is 6.94. The molecule has 1 spiro atoms. The average molecular weight is 463 g/mol. The number of benzene rings is 2. The molecule has 0 amide bonds. The fourth-order valence-corrected chi connectivity index (χ4v) is 6.08. The number of rotatable bonds is 1. The number of aromatic nitrogens is 2. The second-order valence-electron chi connectivity index (χ2n) is 10.7. The zero-order chi connectivity index (χ0) is 23.2. The minimum Gasteiger partial charge on any atom is -0.399 e. The van der Waals surface area contributed by atoms with Crippen molar-refractivity contribution in [3.63, 3.8) is 0 Å². The molecule has 7 heteroatoms. The second-order valence-corrected chi connectivity index (χ2v) is 11.1. The first-order valence-electron chi connectivity index (χ1n) is 11.9. The Bertz CT molecular complexity index is 1340. The van der Waals surface area contributed by atoms with Crippen molar-refractivity contribution in [1.29, 1.82) is 0 Å². The van der Waals surface area contributed by atoms with Gasteiger partial charge in [0.2, 0.25) is 0 Å². The van der Waals surface area contributed by atoms with Crippen LogP contribution < -0.4 is 11.0 Å². The van der Waals surface area contributed by atoms with E-state index in [1.165, 1.54) is 12.0 Å². The average Bonchev–Trinajstić information content (AvgIpc) is 3.15. The van der Waals surface area contributed by atoms with Crippen LogP contribution in [0.4, 0.5) is 0 Å². The molecule has 3 heterocycles. The Balaban J connectivity index is 1.61. The molecule has 0 radical (unpaired) electrons.